The maximum atomic E-state index is 14.0. The Morgan fingerprint density at radius 1 is 1.32 bits per heavy atom. The van der Waals surface area contributed by atoms with Crippen LogP contribution in [0.2, 0.25) is 5.02 Å². The summed E-state index contributed by atoms with van der Waals surface area (Å²) in [4.78, 5) is 24.9. The van der Waals surface area contributed by atoms with Gasteiger partial charge in [0, 0.05) is 31.8 Å². The Kier molecular flexibility index (Phi) is 5.77. The number of hydrogen-bond donors (Lipinski definition) is 1. The normalized spacial score (nSPS) is 11.0. The van der Waals surface area contributed by atoms with Crippen LogP contribution in [0.5, 0.6) is 0 Å². The molecule has 1 aromatic carbocycles. The molecular formula is C15H20ClFN2O3. The number of nitrogens with zero attached hydrogens (tertiary/aromatic N) is 1. The van der Waals surface area contributed by atoms with Crippen LogP contribution in [0.1, 0.15) is 36.7 Å². The Hall–Kier alpha value is -1.82. The molecule has 22 heavy (non-hydrogen) atoms. The number of halogens is 2. The van der Waals surface area contributed by atoms with Crippen molar-refractivity contribution in [2.45, 2.75) is 32.9 Å². The molecule has 0 bridgehead atoms. The van der Waals surface area contributed by atoms with Gasteiger partial charge >= 0.3 is 6.09 Å². The Bertz CT molecular complexity index is 583. The first kappa shape index (κ1) is 18.2. The fourth-order valence-corrected chi connectivity index (χ4v) is 1.88. The van der Waals surface area contributed by atoms with Gasteiger partial charge in [-0.1, -0.05) is 11.6 Å². The van der Waals surface area contributed by atoms with E-state index in [2.05, 4.69) is 5.32 Å². The van der Waals surface area contributed by atoms with Gasteiger partial charge in [0.05, 0.1) is 5.02 Å². The van der Waals surface area contributed by atoms with Crippen LogP contribution in [0.15, 0.2) is 12.1 Å². The van der Waals surface area contributed by atoms with Gasteiger partial charge in [-0.3, -0.25) is 4.79 Å². The van der Waals surface area contributed by atoms with Gasteiger partial charge in [-0.15, -0.1) is 0 Å². The van der Waals surface area contributed by atoms with E-state index in [0.717, 1.165) is 0 Å². The third kappa shape index (κ3) is 5.18. The van der Waals surface area contributed by atoms with Gasteiger partial charge in [0.15, 0.2) is 0 Å². The lowest BCUT2D eigenvalue weighted by Crippen LogP contribution is -2.32. The molecule has 0 aliphatic carbocycles. The summed E-state index contributed by atoms with van der Waals surface area (Å²) >= 11 is 5.80. The number of amides is 2. The van der Waals surface area contributed by atoms with E-state index in [0.29, 0.717) is 0 Å². The van der Waals surface area contributed by atoms with Crippen LogP contribution >= 0.6 is 11.6 Å². The van der Waals surface area contributed by atoms with Crippen LogP contribution in [0, 0.1) is 5.82 Å². The number of alkyl carbamates (subject to hydrolysis) is 1. The monoisotopic (exact) mass is 330 g/mol. The topological polar surface area (TPSA) is 58.6 Å². The molecule has 122 valence electrons. The molecule has 2 amide bonds. The average molecular weight is 331 g/mol. The molecule has 5 nitrogen and oxygen atoms in total. The van der Waals surface area contributed by atoms with Gasteiger partial charge in [-0.2, -0.15) is 0 Å². The molecule has 0 saturated heterocycles. The third-order valence-electron chi connectivity index (χ3n) is 2.58. The number of carbonyl (C=O) groups excluding carboxylic acids is 2. The zero-order chi connectivity index (χ0) is 17.1. The van der Waals surface area contributed by atoms with Crippen molar-refractivity contribution in [1.82, 2.24) is 10.2 Å². The third-order valence-corrected chi connectivity index (χ3v) is 2.85. The second-order valence-corrected chi connectivity index (χ2v) is 6.39. The number of rotatable bonds is 3. The number of carbonyl (C=O) groups is 2. The van der Waals surface area contributed by atoms with Crippen molar-refractivity contribution < 1.29 is 18.7 Å². The van der Waals surface area contributed by atoms with Crippen LogP contribution in [-0.2, 0) is 11.3 Å². The van der Waals surface area contributed by atoms with Crippen LogP contribution in [0.4, 0.5) is 9.18 Å². The van der Waals surface area contributed by atoms with E-state index in [-0.39, 0.29) is 28.6 Å². The summed E-state index contributed by atoms with van der Waals surface area (Å²) in [6.07, 6.45) is -0.674. The highest BCUT2D eigenvalue weighted by Crippen LogP contribution is 2.22. The van der Waals surface area contributed by atoms with Crippen molar-refractivity contribution >= 4 is 23.6 Å². The molecule has 0 radical (unpaired) electrons. The fraction of sp³-hybridized carbons (Fsp3) is 0.467. The maximum absolute atomic E-state index is 14.0. The van der Waals surface area contributed by atoms with E-state index in [1.807, 2.05) is 0 Å². The van der Waals surface area contributed by atoms with E-state index in [9.17, 15) is 14.0 Å². The molecule has 0 fully saturated rings. The van der Waals surface area contributed by atoms with E-state index in [1.54, 1.807) is 34.9 Å². The second-order valence-electron chi connectivity index (χ2n) is 5.99. The second kappa shape index (κ2) is 6.96. The van der Waals surface area contributed by atoms with Gasteiger partial charge in [0.2, 0.25) is 0 Å². The van der Waals surface area contributed by atoms with E-state index < -0.39 is 17.5 Å². The van der Waals surface area contributed by atoms with Crippen molar-refractivity contribution in [3.63, 3.8) is 0 Å². The minimum absolute atomic E-state index is 0.114. The Morgan fingerprint density at radius 3 is 2.41 bits per heavy atom. The summed E-state index contributed by atoms with van der Waals surface area (Å²) in [5.74, 6) is -0.978. The largest absolute Gasteiger partial charge is 0.444 e. The Balaban J connectivity index is 2.91. The molecule has 0 saturated carbocycles. The lowest BCUT2D eigenvalue weighted by Gasteiger charge is -2.20. The maximum Gasteiger partial charge on any atom is 0.407 e. The number of ether oxygens (including phenoxy) is 1. The van der Waals surface area contributed by atoms with Crippen LogP contribution < -0.4 is 5.32 Å². The highest BCUT2D eigenvalue weighted by molar-refractivity contribution is 6.31. The molecule has 0 aliphatic heterocycles. The predicted octanol–water partition coefficient (Wildman–Crippen LogP) is 3.21. The lowest BCUT2D eigenvalue weighted by atomic mass is 10.1. The minimum Gasteiger partial charge on any atom is -0.444 e. The lowest BCUT2D eigenvalue weighted by molar-refractivity contribution is 0.0523. The molecule has 0 aliphatic rings. The number of benzene rings is 1. The molecule has 1 rings (SSSR count). The highest BCUT2D eigenvalue weighted by atomic mass is 35.5. The van der Waals surface area contributed by atoms with Crippen molar-refractivity contribution in [1.29, 1.82) is 0 Å². The molecule has 1 N–H and O–H groups in total. The van der Waals surface area contributed by atoms with Crippen molar-refractivity contribution in [2.75, 3.05) is 14.1 Å². The van der Waals surface area contributed by atoms with E-state index in [4.69, 9.17) is 16.3 Å². The van der Waals surface area contributed by atoms with Crippen molar-refractivity contribution in [3.05, 3.63) is 34.1 Å². The Morgan fingerprint density at radius 2 is 1.91 bits per heavy atom. The minimum atomic E-state index is -0.674. The summed E-state index contributed by atoms with van der Waals surface area (Å²) < 4.78 is 19.1. The van der Waals surface area contributed by atoms with E-state index in [1.165, 1.54) is 17.0 Å². The van der Waals surface area contributed by atoms with Gasteiger partial charge in [0.25, 0.3) is 5.91 Å². The fourth-order valence-electron chi connectivity index (χ4n) is 1.64. The summed E-state index contributed by atoms with van der Waals surface area (Å²) in [6.45, 7) is 5.04. The predicted molar refractivity (Wildman–Crippen MR) is 82.5 cm³/mol. The molecular weight excluding hydrogens is 311 g/mol. The zero-order valence-electron chi connectivity index (χ0n) is 13.3. The molecule has 1 aromatic rings. The zero-order valence-corrected chi connectivity index (χ0v) is 14.0. The quantitative estimate of drug-likeness (QED) is 0.925. The van der Waals surface area contributed by atoms with Crippen molar-refractivity contribution in [3.8, 4) is 0 Å². The smallest absolute Gasteiger partial charge is 0.407 e. The summed E-state index contributed by atoms with van der Waals surface area (Å²) in [5, 5.41) is 2.26. The summed E-state index contributed by atoms with van der Waals surface area (Å²) in [5.41, 5.74) is -0.288. The van der Waals surface area contributed by atoms with Gasteiger partial charge in [0.1, 0.15) is 11.4 Å². The SMILES string of the molecule is CN(C)C(=O)c1cc(Cl)c(F)c(CNC(=O)OC(C)(C)C)c1. The first-order chi connectivity index (χ1) is 10.0. The van der Waals surface area contributed by atoms with Gasteiger partial charge in [-0.05, 0) is 32.9 Å². The molecule has 0 atom stereocenters. The van der Waals surface area contributed by atoms with Crippen LogP contribution in [0.3, 0.4) is 0 Å². The average Bonchev–Trinajstić information content (AvgIpc) is 2.37. The first-order valence-corrected chi connectivity index (χ1v) is 7.05. The highest BCUT2D eigenvalue weighted by Gasteiger charge is 2.18. The van der Waals surface area contributed by atoms with Crippen LogP contribution in [0.25, 0.3) is 0 Å². The van der Waals surface area contributed by atoms with Gasteiger partial charge < -0.3 is 15.0 Å². The Labute approximate surface area is 134 Å². The van der Waals surface area contributed by atoms with Crippen LogP contribution in [-0.4, -0.2) is 36.6 Å². The van der Waals surface area contributed by atoms with Gasteiger partial charge in [-0.25, -0.2) is 9.18 Å². The molecule has 0 aromatic heterocycles. The molecule has 0 heterocycles. The van der Waals surface area contributed by atoms with E-state index >= 15 is 0 Å². The standard InChI is InChI=1S/C15H20ClFN2O3/c1-15(2,3)22-14(21)18-8-10-6-9(13(20)19(4)5)7-11(16)12(10)17/h6-7H,8H2,1-5H3,(H,18,21). The van der Waals surface area contributed by atoms with Crippen molar-refractivity contribution in [2.24, 2.45) is 0 Å². The number of hydrogen-bond acceptors (Lipinski definition) is 3. The molecule has 0 spiro atoms. The number of nitrogens with one attached hydrogen (secondary N) is 1. The molecule has 7 heteroatoms. The summed E-state index contributed by atoms with van der Waals surface area (Å²) in [7, 11) is 3.16. The summed E-state index contributed by atoms with van der Waals surface area (Å²) in [6, 6.07) is 2.62. The first-order valence-electron chi connectivity index (χ1n) is 6.67. The molecule has 0 unspecified atom stereocenters.